The van der Waals surface area contributed by atoms with E-state index in [4.69, 9.17) is 16.3 Å². The summed E-state index contributed by atoms with van der Waals surface area (Å²) in [7, 11) is 3.21. The lowest BCUT2D eigenvalue weighted by atomic mass is 9.96. The third kappa shape index (κ3) is 6.06. The van der Waals surface area contributed by atoms with Crippen molar-refractivity contribution in [1.29, 1.82) is 0 Å². The number of benzene rings is 1. The number of primary amides is 1. The number of hydrogen-bond acceptors (Lipinski definition) is 7. The van der Waals surface area contributed by atoms with Crippen molar-refractivity contribution < 1.29 is 14.3 Å². The second-order valence-corrected chi connectivity index (χ2v) is 9.96. The van der Waals surface area contributed by atoms with Crippen LogP contribution in [0.15, 0.2) is 65.5 Å². The van der Waals surface area contributed by atoms with Gasteiger partial charge in [0.2, 0.25) is 5.91 Å². The number of aromatic nitrogens is 2. The number of ether oxygens (including phenoxy) is 1. The van der Waals surface area contributed by atoms with Crippen LogP contribution in [-0.4, -0.2) is 52.7 Å². The lowest BCUT2D eigenvalue weighted by Gasteiger charge is -2.21. The molecular formula is C28H35N7O3. The van der Waals surface area contributed by atoms with Crippen molar-refractivity contribution >= 4 is 28.6 Å². The molecular weight excluding hydrogens is 482 g/mol. The highest BCUT2D eigenvalue weighted by Crippen LogP contribution is 2.31. The van der Waals surface area contributed by atoms with Gasteiger partial charge in [-0.2, -0.15) is 5.10 Å². The molecule has 38 heavy (non-hydrogen) atoms. The first-order valence-corrected chi connectivity index (χ1v) is 12.2. The highest BCUT2D eigenvalue weighted by atomic mass is 16.5. The number of hydrazone groups is 1. The number of allylic oxidation sites excluding steroid dienone is 2. The van der Waals surface area contributed by atoms with Gasteiger partial charge in [0.05, 0.1) is 35.7 Å². The van der Waals surface area contributed by atoms with Crippen molar-refractivity contribution in [2.75, 3.05) is 20.7 Å². The molecule has 2 aromatic rings. The van der Waals surface area contributed by atoms with Crippen LogP contribution in [0.25, 0.3) is 11.0 Å². The molecule has 0 spiro atoms. The van der Waals surface area contributed by atoms with Crippen LogP contribution in [0.2, 0.25) is 0 Å². The molecule has 3 rings (SSSR count). The summed E-state index contributed by atoms with van der Waals surface area (Å²) >= 11 is 0. The lowest BCUT2D eigenvalue weighted by Crippen LogP contribution is -2.29. The summed E-state index contributed by atoms with van der Waals surface area (Å²) in [6, 6.07) is 5.72. The van der Waals surface area contributed by atoms with E-state index in [9.17, 15) is 9.59 Å². The maximum atomic E-state index is 12.5. The molecule has 1 saturated heterocycles. The van der Waals surface area contributed by atoms with E-state index in [2.05, 4.69) is 59.2 Å². The third-order valence-electron chi connectivity index (χ3n) is 6.28. The van der Waals surface area contributed by atoms with E-state index in [-0.39, 0.29) is 28.6 Å². The van der Waals surface area contributed by atoms with E-state index in [1.54, 1.807) is 18.2 Å². The van der Waals surface area contributed by atoms with E-state index >= 15 is 0 Å². The Morgan fingerprint density at radius 3 is 2.68 bits per heavy atom. The number of fused-ring (bicyclic) bond motifs is 1. The molecule has 2 heterocycles. The van der Waals surface area contributed by atoms with Crippen LogP contribution in [0.3, 0.4) is 0 Å². The largest absolute Gasteiger partial charge is 0.503 e. The minimum absolute atomic E-state index is 0.00980. The van der Waals surface area contributed by atoms with Crippen LogP contribution in [-0.2, 0) is 19.9 Å². The molecule has 1 fully saturated rings. The summed E-state index contributed by atoms with van der Waals surface area (Å²) in [5, 5.41) is 6.84. The normalized spacial score (nSPS) is 17.6. The van der Waals surface area contributed by atoms with Crippen molar-refractivity contribution in [2.45, 2.75) is 39.2 Å². The average molecular weight is 518 g/mol. The number of carbonyl (C=O) groups excluding carboxylic acids is 2. The summed E-state index contributed by atoms with van der Waals surface area (Å²) in [5.74, 6) is 10.7. The SMILES string of the molecule is C=CC(=O)N1C[C@@H](C/C(NC)=C(C(N)=O)\C(C#Cc2ccc3c(c2)ncn3C(C)(C)C)=N/N)C/C1=C\OC. The van der Waals surface area contributed by atoms with E-state index < -0.39 is 5.91 Å². The molecule has 10 heteroatoms. The van der Waals surface area contributed by atoms with E-state index in [0.29, 0.717) is 30.6 Å². The quantitative estimate of drug-likeness (QED) is 0.129. The van der Waals surface area contributed by atoms with Crippen LogP contribution in [0.1, 0.15) is 39.2 Å². The fraction of sp³-hybridized carbons (Fsp3) is 0.357. The summed E-state index contributed by atoms with van der Waals surface area (Å²) in [6.45, 7) is 10.3. The number of nitrogens with one attached hydrogen (secondary N) is 1. The first-order valence-electron chi connectivity index (χ1n) is 12.2. The Morgan fingerprint density at radius 1 is 1.37 bits per heavy atom. The number of amides is 2. The Kier molecular flexibility index (Phi) is 8.63. The Balaban J connectivity index is 1.93. The van der Waals surface area contributed by atoms with Crippen molar-refractivity contribution in [1.82, 2.24) is 19.8 Å². The molecule has 200 valence electrons. The zero-order chi connectivity index (χ0) is 28.0. The number of hydrogen-bond donors (Lipinski definition) is 3. The van der Waals surface area contributed by atoms with Crippen LogP contribution in [0.5, 0.6) is 0 Å². The predicted octanol–water partition coefficient (Wildman–Crippen LogP) is 2.33. The average Bonchev–Trinajstić information content (AvgIpc) is 3.48. The van der Waals surface area contributed by atoms with Crippen LogP contribution < -0.4 is 16.9 Å². The van der Waals surface area contributed by atoms with Gasteiger partial charge in [-0.25, -0.2) is 4.98 Å². The van der Waals surface area contributed by atoms with Crippen LogP contribution >= 0.6 is 0 Å². The standard InChI is InChI=1S/C28H35N7O3/c1-7-25(36)34-15-19(12-20(34)16-38-6)14-23(31-5)26(27(29)37)21(33-30)10-8-18-9-11-24-22(13-18)32-17-35(24)28(2,3)4/h7,9,11,13,16-17,19,31H,1,12,14-15,30H2,2-6H3,(H2,29,37)/b20-16+,26-23-,33-21-/t19-/m1/s1. The molecule has 0 unspecified atom stereocenters. The van der Waals surface area contributed by atoms with Gasteiger partial charge in [-0.3, -0.25) is 9.59 Å². The second-order valence-electron chi connectivity index (χ2n) is 9.96. The van der Waals surface area contributed by atoms with Crippen LogP contribution in [0, 0.1) is 17.8 Å². The molecule has 1 atom stereocenters. The second kappa shape index (κ2) is 11.7. The van der Waals surface area contributed by atoms with Crippen molar-refractivity contribution in [3.05, 3.63) is 66.0 Å². The van der Waals surface area contributed by atoms with Gasteiger partial charge >= 0.3 is 0 Å². The summed E-state index contributed by atoms with van der Waals surface area (Å²) < 4.78 is 7.24. The Morgan fingerprint density at radius 2 is 2.11 bits per heavy atom. The van der Waals surface area contributed by atoms with Crippen LogP contribution in [0.4, 0.5) is 0 Å². The van der Waals surface area contributed by atoms with Gasteiger partial charge < -0.3 is 31.1 Å². The molecule has 0 saturated carbocycles. The number of carbonyl (C=O) groups is 2. The number of nitrogens with two attached hydrogens (primary N) is 2. The molecule has 1 aliphatic heterocycles. The third-order valence-corrected chi connectivity index (χ3v) is 6.28. The first-order chi connectivity index (χ1) is 18.0. The molecule has 1 aromatic heterocycles. The highest BCUT2D eigenvalue weighted by Gasteiger charge is 2.32. The van der Waals surface area contributed by atoms with E-state index in [1.165, 1.54) is 13.2 Å². The van der Waals surface area contributed by atoms with E-state index in [0.717, 1.165) is 16.7 Å². The predicted molar refractivity (Wildman–Crippen MR) is 148 cm³/mol. The van der Waals surface area contributed by atoms with Gasteiger partial charge in [0.15, 0.2) is 0 Å². The molecule has 1 aliphatic rings. The Labute approximate surface area is 223 Å². The highest BCUT2D eigenvalue weighted by molar-refractivity contribution is 6.28. The Hall–Kier alpha value is -4.52. The number of imidazole rings is 1. The van der Waals surface area contributed by atoms with Crippen molar-refractivity contribution in [2.24, 2.45) is 22.6 Å². The first kappa shape index (κ1) is 28.1. The van der Waals surface area contributed by atoms with Crippen molar-refractivity contribution in [3.63, 3.8) is 0 Å². The fourth-order valence-electron chi connectivity index (χ4n) is 4.51. The molecule has 5 N–H and O–H groups in total. The summed E-state index contributed by atoms with van der Waals surface area (Å²) in [5.41, 5.74) is 9.57. The minimum Gasteiger partial charge on any atom is -0.503 e. The smallest absolute Gasteiger partial charge is 0.253 e. The van der Waals surface area contributed by atoms with Crippen molar-refractivity contribution in [3.8, 4) is 11.8 Å². The number of likely N-dealkylation sites (tertiary alicyclic amines) is 1. The molecule has 0 radical (unpaired) electrons. The fourth-order valence-corrected chi connectivity index (χ4v) is 4.51. The molecule has 2 amide bonds. The maximum Gasteiger partial charge on any atom is 0.253 e. The van der Waals surface area contributed by atoms with Gasteiger partial charge in [0.25, 0.3) is 5.91 Å². The molecule has 1 aromatic carbocycles. The van der Waals surface area contributed by atoms with Gasteiger partial charge in [-0.05, 0) is 69.7 Å². The van der Waals surface area contributed by atoms with E-state index in [1.807, 2.05) is 24.5 Å². The molecule has 0 bridgehead atoms. The maximum absolute atomic E-state index is 12.5. The summed E-state index contributed by atoms with van der Waals surface area (Å²) in [4.78, 5) is 30.9. The Bertz CT molecular complexity index is 1400. The number of rotatable bonds is 7. The van der Waals surface area contributed by atoms with Gasteiger partial charge in [-0.1, -0.05) is 12.5 Å². The number of nitrogens with zero attached hydrogens (tertiary/aromatic N) is 4. The lowest BCUT2D eigenvalue weighted by molar-refractivity contribution is -0.123. The topological polar surface area (TPSA) is 141 Å². The van der Waals surface area contributed by atoms with Gasteiger partial charge in [-0.15, -0.1) is 0 Å². The van der Waals surface area contributed by atoms with Gasteiger partial charge in [0, 0.05) is 30.4 Å². The number of methoxy groups -OCH3 is 1. The minimum atomic E-state index is -0.711. The zero-order valence-electron chi connectivity index (χ0n) is 22.5. The molecule has 0 aliphatic carbocycles. The zero-order valence-corrected chi connectivity index (χ0v) is 22.5. The molecule has 10 nitrogen and oxygen atoms in total. The summed E-state index contributed by atoms with van der Waals surface area (Å²) in [6.07, 6.45) is 5.58. The van der Waals surface area contributed by atoms with Gasteiger partial charge in [0.1, 0.15) is 12.0 Å². The monoisotopic (exact) mass is 517 g/mol.